The molecule has 0 aliphatic carbocycles. The topological polar surface area (TPSA) is 32.3 Å². The molecule has 1 aromatic rings. The average molecular weight is 248 g/mol. The van der Waals surface area contributed by atoms with Gasteiger partial charge in [-0.2, -0.15) is 0 Å². The second-order valence-corrected chi connectivity index (χ2v) is 4.92. The molecule has 0 saturated heterocycles. The highest BCUT2D eigenvalue weighted by Gasteiger charge is 2.11. The molecular weight excluding hydrogens is 224 g/mol. The molecule has 0 atom stereocenters. The molecule has 0 spiro atoms. The molecule has 0 unspecified atom stereocenters. The molecule has 0 aromatic heterocycles. The molecule has 3 heteroatoms. The highest BCUT2D eigenvalue weighted by molar-refractivity contribution is 5.78. The summed E-state index contributed by atoms with van der Waals surface area (Å²) < 4.78 is 0. The van der Waals surface area contributed by atoms with E-state index in [1.807, 2.05) is 30.0 Å². The van der Waals surface area contributed by atoms with Crippen LogP contribution in [0.4, 0.5) is 0 Å². The van der Waals surface area contributed by atoms with Gasteiger partial charge < -0.3 is 10.2 Å². The third-order valence-electron chi connectivity index (χ3n) is 2.78. The van der Waals surface area contributed by atoms with E-state index in [0.717, 1.165) is 13.1 Å². The molecule has 3 nitrogen and oxygen atoms in total. The second-order valence-electron chi connectivity index (χ2n) is 4.92. The number of hydrogen-bond acceptors (Lipinski definition) is 2. The normalized spacial score (nSPS) is 10.7. The molecule has 100 valence electrons. The van der Waals surface area contributed by atoms with E-state index in [-0.39, 0.29) is 5.91 Å². The van der Waals surface area contributed by atoms with E-state index in [1.165, 1.54) is 5.56 Å². The van der Waals surface area contributed by atoms with Crippen LogP contribution in [0.2, 0.25) is 0 Å². The highest BCUT2D eigenvalue weighted by atomic mass is 16.2. The lowest BCUT2D eigenvalue weighted by Gasteiger charge is -2.21. The molecule has 0 fully saturated rings. The fraction of sp³-hybridized carbons (Fsp3) is 0.533. The van der Waals surface area contributed by atoms with Crippen molar-refractivity contribution in [3.8, 4) is 0 Å². The van der Waals surface area contributed by atoms with Gasteiger partial charge in [0, 0.05) is 13.1 Å². The summed E-state index contributed by atoms with van der Waals surface area (Å²) in [7, 11) is 0. The maximum atomic E-state index is 12.0. The Kier molecular flexibility index (Phi) is 6.44. The first-order chi connectivity index (χ1) is 8.63. The smallest absolute Gasteiger partial charge is 0.236 e. The minimum absolute atomic E-state index is 0.169. The molecule has 0 bridgehead atoms. The van der Waals surface area contributed by atoms with E-state index < -0.39 is 0 Å². The standard InChI is InChI=1S/C15H24N2O/c1-4-17(12-14-8-6-5-7-9-14)15(18)11-16-10-13(2)3/h5-9,13,16H,4,10-12H2,1-3H3. The zero-order valence-electron chi connectivity index (χ0n) is 11.6. The van der Waals surface area contributed by atoms with Crippen molar-refractivity contribution in [1.82, 2.24) is 10.2 Å². The number of carbonyl (C=O) groups is 1. The molecule has 1 rings (SSSR count). The number of amides is 1. The quantitative estimate of drug-likeness (QED) is 0.803. The number of carbonyl (C=O) groups excluding carboxylic acids is 1. The van der Waals surface area contributed by atoms with E-state index in [0.29, 0.717) is 19.0 Å². The molecular formula is C15H24N2O. The van der Waals surface area contributed by atoms with Crippen molar-refractivity contribution >= 4 is 5.91 Å². The summed E-state index contributed by atoms with van der Waals surface area (Å²) in [6, 6.07) is 10.1. The Bertz CT molecular complexity index is 349. The Morgan fingerprint density at radius 2 is 1.94 bits per heavy atom. The zero-order chi connectivity index (χ0) is 13.4. The predicted octanol–water partition coefficient (Wildman–Crippen LogP) is 2.28. The van der Waals surface area contributed by atoms with Crippen molar-refractivity contribution in [2.45, 2.75) is 27.3 Å². The lowest BCUT2D eigenvalue weighted by molar-refractivity contribution is -0.130. The average Bonchev–Trinajstić information content (AvgIpc) is 2.36. The van der Waals surface area contributed by atoms with Crippen LogP contribution in [0, 0.1) is 5.92 Å². The minimum Gasteiger partial charge on any atom is -0.338 e. The Morgan fingerprint density at radius 3 is 2.50 bits per heavy atom. The SMILES string of the molecule is CCN(Cc1ccccc1)C(=O)CNCC(C)C. The Morgan fingerprint density at radius 1 is 1.28 bits per heavy atom. The van der Waals surface area contributed by atoms with Crippen LogP contribution in [0.3, 0.4) is 0 Å². The first-order valence-corrected chi connectivity index (χ1v) is 6.66. The van der Waals surface area contributed by atoms with E-state index in [2.05, 4.69) is 31.3 Å². The first kappa shape index (κ1) is 14.7. The number of likely N-dealkylation sites (N-methyl/N-ethyl adjacent to an activating group) is 1. The summed E-state index contributed by atoms with van der Waals surface area (Å²) >= 11 is 0. The lowest BCUT2D eigenvalue weighted by Crippen LogP contribution is -2.38. The maximum Gasteiger partial charge on any atom is 0.236 e. The molecule has 0 aliphatic rings. The summed E-state index contributed by atoms with van der Waals surface area (Å²) in [5.74, 6) is 0.740. The van der Waals surface area contributed by atoms with Crippen LogP contribution in [-0.4, -0.2) is 30.4 Å². The van der Waals surface area contributed by atoms with E-state index in [9.17, 15) is 4.79 Å². The Hall–Kier alpha value is -1.35. The van der Waals surface area contributed by atoms with Gasteiger partial charge in [0.1, 0.15) is 0 Å². The molecule has 0 saturated carbocycles. The van der Waals surface area contributed by atoms with Crippen molar-refractivity contribution in [2.24, 2.45) is 5.92 Å². The molecule has 1 amide bonds. The summed E-state index contributed by atoms with van der Waals surface area (Å²) in [5, 5.41) is 3.19. The molecule has 0 radical (unpaired) electrons. The van der Waals surface area contributed by atoms with Gasteiger partial charge in [-0.05, 0) is 24.9 Å². The van der Waals surface area contributed by atoms with Crippen molar-refractivity contribution in [3.05, 3.63) is 35.9 Å². The third kappa shape index (κ3) is 5.32. The highest BCUT2D eigenvalue weighted by Crippen LogP contribution is 2.04. The second kappa shape index (κ2) is 7.88. The van der Waals surface area contributed by atoms with Crippen LogP contribution < -0.4 is 5.32 Å². The number of nitrogens with zero attached hydrogens (tertiary/aromatic N) is 1. The van der Waals surface area contributed by atoms with Gasteiger partial charge in [-0.1, -0.05) is 44.2 Å². The molecule has 18 heavy (non-hydrogen) atoms. The van der Waals surface area contributed by atoms with E-state index >= 15 is 0 Å². The van der Waals surface area contributed by atoms with Crippen LogP contribution in [0.1, 0.15) is 26.3 Å². The number of benzene rings is 1. The molecule has 0 heterocycles. The monoisotopic (exact) mass is 248 g/mol. The van der Waals surface area contributed by atoms with Gasteiger partial charge in [-0.15, -0.1) is 0 Å². The Labute approximate surface area is 110 Å². The zero-order valence-corrected chi connectivity index (χ0v) is 11.6. The van der Waals surface area contributed by atoms with Gasteiger partial charge in [0.2, 0.25) is 5.91 Å². The lowest BCUT2D eigenvalue weighted by atomic mass is 10.2. The van der Waals surface area contributed by atoms with Gasteiger partial charge in [-0.3, -0.25) is 4.79 Å². The van der Waals surface area contributed by atoms with Crippen molar-refractivity contribution in [1.29, 1.82) is 0 Å². The molecule has 1 N–H and O–H groups in total. The third-order valence-corrected chi connectivity index (χ3v) is 2.78. The minimum atomic E-state index is 0.169. The van der Waals surface area contributed by atoms with Crippen LogP contribution in [-0.2, 0) is 11.3 Å². The van der Waals surface area contributed by atoms with Gasteiger partial charge in [0.15, 0.2) is 0 Å². The van der Waals surface area contributed by atoms with Crippen LogP contribution >= 0.6 is 0 Å². The van der Waals surface area contributed by atoms with Gasteiger partial charge >= 0.3 is 0 Å². The van der Waals surface area contributed by atoms with Gasteiger partial charge in [-0.25, -0.2) is 0 Å². The summed E-state index contributed by atoms with van der Waals surface area (Å²) in [4.78, 5) is 13.9. The predicted molar refractivity (Wildman–Crippen MR) is 75.2 cm³/mol. The molecule has 0 aliphatic heterocycles. The summed E-state index contributed by atoms with van der Waals surface area (Å²) in [6.07, 6.45) is 0. The van der Waals surface area contributed by atoms with Crippen molar-refractivity contribution in [2.75, 3.05) is 19.6 Å². The van der Waals surface area contributed by atoms with Crippen molar-refractivity contribution < 1.29 is 4.79 Å². The fourth-order valence-electron chi connectivity index (χ4n) is 1.76. The maximum absolute atomic E-state index is 12.0. The van der Waals surface area contributed by atoms with E-state index in [1.54, 1.807) is 0 Å². The van der Waals surface area contributed by atoms with Crippen molar-refractivity contribution in [3.63, 3.8) is 0 Å². The van der Waals surface area contributed by atoms with Crippen LogP contribution in [0.25, 0.3) is 0 Å². The Balaban J connectivity index is 2.43. The fourth-order valence-corrected chi connectivity index (χ4v) is 1.76. The van der Waals surface area contributed by atoms with Crippen LogP contribution in [0.15, 0.2) is 30.3 Å². The summed E-state index contributed by atoms with van der Waals surface area (Å²) in [5.41, 5.74) is 1.18. The first-order valence-electron chi connectivity index (χ1n) is 6.66. The number of nitrogens with one attached hydrogen (secondary N) is 1. The molecule has 1 aromatic carbocycles. The summed E-state index contributed by atoms with van der Waals surface area (Å²) in [6.45, 7) is 9.05. The van der Waals surface area contributed by atoms with Crippen LogP contribution in [0.5, 0.6) is 0 Å². The number of hydrogen-bond donors (Lipinski definition) is 1. The van der Waals surface area contributed by atoms with Gasteiger partial charge in [0.25, 0.3) is 0 Å². The number of rotatable bonds is 7. The largest absolute Gasteiger partial charge is 0.338 e. The van der Waals surface area contributed by atoms with E-state index in [4.69, 9.17) is 0 Å². The van der Waals surface area contributed by atoms with Gasteiger partial charge in [0.05, 0.1) is 6.54 Å².